The fourth-order valence-electron chi connectivity index (χ4n) is 2.68. The maximum Gasteiger partial charge on any atom is 0.235 e. The van der Waals surface area contributed by atoms with Crippen molar-refractivity contribution in [3.8, 4) is 0 Å². The molecule has 6 nitrogen and oxygen atoms in total. The number of ether oxygens (including phenoxy) is 1. The summed E-state index contributed by atoms with van der Waals surface area (Å²) in [6, 6.07) is 9.90. The zero-order chi connectivity index (χ0) is 16.1. The monoisotopic (exact) mass is 335 g/mol. The van der Waals surface area contributed by atoms with Crippen LogP contribution in [0.4, 0.5) is 5.69 Å². The van der Waals surface area contributed by atoms with E-state index < -0.39 is 10.0 Å². The van der Waals surface area contributed by atoms with E-state index in [1.54, 1.807) is 10.9 Å². The van der Waals surface area contributed by atoms with Gasteiger partial charge in [0.15, 0.2) is 0 Å². The Balaban J connectivity index is 1.59. The number of rotatable bonds is 6. The van der Waals surface area contributed by atoms with Crippen molar-refractivity contribution in [3.63, 3.8) is 0 Å². The molecular weight excluding hydrogens is 314 g/mol. The molecule has 1 aromatic carbocycles. The maximum absolute atomic E-state index is 12.2. The van der Waals surface area contributed by atoms with Gasteiger partial charge in [-0.1, -0.05) is 30.3 Å². The minimum Gasteiger partial charge on any atom is -0.377 e. The second-order valence-corrected chi connectivity index (χ2v) is 7.55. The normalized spacial score (nSPS) is 18.7. The molecule has 0 spiro atoms. The number of hydrogen-bond acceptors (Lipinski definition) is 4. The summed E-state index contributed by atoms with van der Waals surface area (Å²) in [4.78, 5) is 0. The summed E-state index contributed by atoms with van der Waals surface area (Å²) < 4.78 is 34.2. The summed E-state index contributed by atoms with van der Waals surface area (Å²) >= 11 is 0. The Morgan fingerprint density at radius 1 is 1.26 bits per heavy atom. The predicted molar refractivity (Wildman–Crippen MR) is 88.8 cm³/mol. The molecule has 1 aromatic heterocycles. The third-order valence-electron chi connectivity index (χ3n) is 3.77. The van der Waals surface area contributed by atoms with E-state index in [1.807, 2.05) is 30.3 Å². The largest absolute Gasteiger partial charge is 0.377 e. The molecule has 0 aliphatic carbocycles. The predicted octanol–water partition coefficient (Wildman–Crippen LogP) is 2.24. The Morgan fingerprint density at radius 3 is 2.83 bits per heavy atom. The molecule has 0 saturated carbocycles. The van der Waals surface area contributed by atoms with E-state index in [-0.39, 0.29) is 11.9 Å². The number of sulfonamides is 1. The fourth-order valence-corrected chi connectivity index (χ4v) is 3.98. The average Bonchev–Trinajstić information content (AvgIpc) is 2.95. The molecule has 0 amide bonds. The maximum atomic E-state index is 12.2. The smallest absolute Gasteiger partial charge is 0.235 e. The fraction of sp³-hybridized carbons (Fsp3) is 0.438. The van der Waals surface area contributed by atoms with E-state index in [2.05, 4.69) is 9.82 Å². The van der Waals surface area contributed by atoms with Crippen LogP contribution >= 0.6 is 0 Å². The number of anilines is 1. The quantitative estimate of drug-likeness (QED) is 0.879. The summed E-state index contributed by atoms with van der Waals surface area (Å²) in [5.41, 5.74) is 1.59. The van der Waals surface area contributed by atoms with Crippen LogP contribution in [0.5, 0.6) is 0 Å². The van der Waals surface area contributed by atoms with Crippen LogP contribution < -0.4 is 4.72 Å². The zero-order valence-electron chi connectivity index (χ0n) is 12.9. The standard InChI is InChI=1S/C16H21N3O3S/c20-23(21,13-16-8-4-5-9-22-16)18-15-10-17-19(12-15)11-14-6-2-1-3-7-14/h1-3,6-7,10,12,16,18H,4-5,8-9,11,13H2. The second kappa shape index (κ2) is 7.14. The highest BCUT2D eigenvalue weighted by atomic mass is 32.2. The van der Waals surface area contributed by atoms with Gasteiger partial charge in [-0.25, -0.2) is 8.42 Å². The summed E-state index contributed by atoms with van der Waals surface area (Å²) in [5.74, 6) is -0.00311. The van der Waals surface area contributed by atoms with Crippen LogP contribution in [0.3, 0.4) is 0 Å². The van der Waals surface area contributed by atoms with Crippen molar-refractivity contribution in [1.82, 2.24) is 9.78 Å². The molecular formula is C16H21N3O3S. The molecule has 2 aromatic rings. The van der Waals surface area contributed by atoms with Gasteiger partial charge in [-0.3, -0.25) is 9.40 Å². The first-order chi connectivity index (χ1) is 11.1. The number of aromatic nitrogens is 2. The molecule has 1 aliphatic heterocycles. The third-order valence-corrected chi connectivity index (χ3v) is 5.13. The highest BCUT2D eigenvalue weighted by Crippen LogP contribution is 2.16. The van der Waals surface area contributed by atoms with Crippen molar-refractivity contribution in [1.29, 1.82) is 0 Å². The first-order valence-corrected chi connectivity index (χ1v) is 9.44. The lowest BCUT2D eigenvalue weighted by Gasteiger charge is -2.22. The van der Waals surface area contributed by atoms with Gasteiger partial charge in [-0.2, -0.15) is 5.10 Å². The molecule has 1 atom stereocenters. The molecule has 2 heterocycles. The lowest BCUT2D eigenvalue weighted by molar-refractivity contribution is 0.0306. The van der Waals surface area contributed by atoms with Gasteiger partial charge in [-0.15, -0.1) is 0 Å². The second-order valence-electron chi connectivity index (χ2n) is 5.78. The topological polar surface area (TPSA) is 73.2 Å². The summed E-state index contributed by atoms with van der Waals surface area (Å²) in [6.07, 6.45) is 5.86. The lowest BCUT2D eigenvalue weighted by atomic mass is 10.1. The van der Waals surface area contributed by atoms with Gasteiger partial charge in [0.2, 0.25) is 10.0 Å². The number of hydrogen-bond donors (Lipinski definition) is 1. The van der Waals surface area contributed by atoms with Gasteiger partial charge in [0.25, 0.3) is 0 Å². The minimum atomic E-state index is -3.42. The third kappa shape index (κ3) is 4.80. The molecule has 3 rings (SSSR count). The van der Waals surface area contributed by atoms with Gasteiger partial charge in [0.1, 0.15) is 0 Å². The Morgan fingerprint density at radius 2 is 2.09 bits per heavy atom. The number of nitrogens with zero attached hydrogens (tertiary/aromatic N) is 2. The van der Waals surface area contributed by atoms with Crippen LogP contribution in [-0.4, -0.2) is 36.7 Å². The first kappa shape index (κ1) is 16.0. The molecule has 0 bridgehead atoms. The van der Waals surface area contributed by atoms with Crippen molar-refractivity contribution >= 4 is 15.7 Å². The van der Waals surface area contributed by atoms with Crippen molar-refractivity contribution in [2.75, 3.05) is 17.1 Å². The van der Waals surface area contributed by atoms with Crippen molar-refractivity contribution < 1.29 is 13.2 Å². The first-order valence-electron chi connectivity index (χ1n) is 7.79. The molecule has 1 fully saturated rings. The summed E-state index contributed by atoms with van der Waals surface area (Å²) in [6.45, 7) is 1.25. The van der Waals surface area contributed by atoms with E-state index in [4.69, 9.17) is 4.74 Å². The Labute approximate surface area is 136 Å². The van der Waals surface area contributed by atoms with Crippen LogP contribution in [0, 0.1) is 0 Å². The molecule has 23 heavy (non-hydrogen) atoms. The number of benzene rings is 1. The Hall–Kier alpha value is -1.86. The highest BCUT2D eigenvalue weighted by molar-refractivity contribution is 7.92. The van der Waals surface area contributed by atoms with E-state index in [0.29, 0.717) is 18.8 Å². The van der Waals surface area contributed by atoms with Crippen LogP contribution in [0.2, 0.25) is 0 Å². The SMILES string of the molecule is O=S(=O)(CC1CCCCO1)Nc1cnn(Cc2ccccc2)c1. The summed E-state index contributed by atoms with van der Waals surface area (Å²) in [7, 11) is -3.42. The highest BCUT2D eigenvalue weighted by Gasteiger charge is 2.22. The van der Waals surface area contributed by atoms with Crippen LogP contribution in [0.25, 0.3) is 0 Å². The summed E-state index contributed by atoms with van der Waals surface area (Å²) in [5, 5.41) is 4.20. The van der Waals surface area contributed by atoms with E-state index in [0.717, 1.165) is 24.8 Å². The van der Waals surface area contributed by atoms with Crippen LogP contribution in [-0.2, 0) is 21.3 Å². The van der Waals surface area contributed by atoms with Crippen LogP contribution in [0.15, 0.2) is 42.7 Å². The van der Waals surface area contributed by atoms with Gasteiger partial charge >= 0.3 is 0 Å². The Kier molecular flexibility index (Phi) is 4.97. The van der Waals surface area contributed by atoms with E-state index in [9.17, 15) is 8.42 Å². The molecule has 124 valence electrons. The lowest BCUT2D eigenvalue weighted by Crippen LogP contribution is -2.30. The van der Waals surface area contributed by atoms with Crippen molar-refractivity contribution in [2.24, 2.45) is 0 Å². The molecule has 7 heteroatoms. The van der Waals surface area contributed by atoms with Gasteiger partial charge < -0.3 is 4.74 Å². The molecule has 1 aliphatic rings. The molecule has 1 saturated heterocycles. The van der Waals surface area contributed by atoms with Gasteiger partial charge in [0.05, 0.1) is 30.3 Å². The zero-order valence-corrected chi connectivity index (χ0v) is 13.7. The van der Waals surface area contributed by atoms with Crippen molar-refractivity contribution in [3.05, 3.63) is 48.3 Å². The Bertz CT molecular complexity index is 722. The van der Waals surface area contributed by atoms with E-state index >= 15 is 0 Å². The minimum absolute atomic E-state index is 0.00311. The van der Waals surface area contributed by atoms with Crippen molar-refractivity contribution in [2.45, 2.75) is 31.9 Å². The van der Waals surface area contributed by atoms with Gasteiger partial charge in [0, 0.05) is 12.8 Å². The molecule has 1 N–H and O–H groups in total. The number of nitrogens with one attached hydrogen (secondary N) is 1. The van der Waals surface area contributed by atoms with Crippen LogP contribution in [0.1, 0.15) is 24.8 Å². The molecule has 0 radical (unpaired) electrons. The molecule has 1 unspecified atom stereocenters. The van der Waals surface area contributed by atoms with E-state index in [1.165, 1.54) is 6.20 Å². The average molecular weight is 335 g/mol. The van der Waals surface area contributed by atoms with Gasteiger partial charge in [-0.05, 0) is 24.8 Å².